The summed E-state index contributed by atoms with van der Waals surface area (Å²) in [5, 5.41) is 6.08. The molecule has 2 radical (unpaired) electrons. The Balaban J connectivity index is 2.03. The van der Waals surface area contributed by atoms with Crippen molar-refractivity contribution >= 4 is 45.8 Å². The highest BCUT2D eigenvalue weighted by atomic mass is 14.6. The van der Waals surface area contributed by atoms with Crippen LogP contribution < -0.4 is 5.46 Å². The maximum Gasteiger partial charge on any atom is 0.114 e. The van der Waals surface area contributed by atoms with Crippen molar-refractivity contribution < 1.29 is 0 Å². The van der Waals surface area contributed by atoms with Crippen LogP contribution in [0.3, 0.4) is 0 Å². The lowest BCUT2D eigenvalue weighted by Crippen LogP contribution is -2.05. The van der Waals surface area contributed by atoms with Gasteiger partial charge >= 0.3 is 0 Å². The Morgan fingerprint density at radius 3 is 2.16 bits per heavy atom. The number of pyridine rings is 1. The molecule has 1 heterocycles. The van der Waals surface area contributed by atoms with E-state index in [0.29, 0.717) is 0 Å². The molecule has 2 heteroatoms. The predicted octanol–water partition coefficient (Wildman–Crippen LogP) is 5.00. The summed E-state index contributed by atoms with van der Waals surface area (Å²) in [4.78, 5) is 4.51. The van der Waals surface area contributed by atoms with Gasteiger partial charge < -0.3 is 0 Å². The SMILES string of the molecule is [B]c1ccccc1-c1cc2c3cccnc3ccc2c2ccccc12. The zero-order valence-corrected chi connectivity index (χ0v) is 13.6. The number of nitrogens with zero attached hydrogens (tertiary/aromatic N) is 1. The van der Waals surface area contributed by atoms with E-state index < -0.39 is 0 Å². The lowest BCUT2D eigenvalue weighted by molar-refractivity contribution is 1.42. The van der Waals surface area contributed by atoms with Crippen molar-refractivity contribution in [1.82, 2.24) is 4.98 Å². The highest BCUT2D eigenvalue weighted by Crippen LogP contribution is 2.36. The number of fused-ring (bicyclic) bond motifs is 5. The van der Waals surface area contributed by atoms with Crippen molar-refractivity contribution in [3.63, 3.8) is 0 Å². The lowest BCUT2D eigenvalue weighted by Gasteiger charge is -2.14. The van der Waals surface area contributed by atoms with Gasteiger partial charge in [0.05, 0.1) is 5.52 Å². The summed E-state index contributed by atoms with van der Waals surface area (Å²) >= 11 is 0. The van der Waals surface area contributed by atoms with Crippen molar-refractivity contribution in [3.8, 4) is 11.1 Å². The molecule has 0 aliphatic rings. The molecule has 0 unspecified atom stereocenters. The minimum atomic E-state index is 0.797. The van der Waals surface area contributed by atoms with Crippen LogP contribution in [0.2, 0.25) is 0 Å². The zero-order valence-electron chi connectivity index (χ0n) is 13.6. The van der Waals surface area contributed by atoms with E-state index in [9.17, 15) is 0 Å². The number of benzene rings is 4. The van der Waals surface area contributed by atoms with Gasteiger partial charge in [0.2, 0.25) is 0 Å². The number of hydrogen-bond acceptors (Lipinski definition) is 1. The van der Waals surface area contributed by atoms with Gasteiger partial charge in [-0.05, 0) is 50.9 Å². The van der Waals surface area contributed by atoms with Crippen LogP contribution in [0.4, 0.5) is 0 Å². The summed E-state index contributed by atoms with van der Waals surface area (Å²) in [6, 6.07) is 27.2. The van der Waals surface area contributed by atoms with Crippen molar-refractivity contribution in [2.45, 2.75) is 0 Å². The Bertz CT molecular complexity index is 1260. The van der Waals surface area contributed by atoms with E-state index in [1.165, 1.54) is 26.9 Å². The highest BCUT2D eigenvalue weighted by Gasteiger charge is 2.11. The minimum absolute atomic E-state index is 0.797. The number of hydrogen-bond donors (Lipinski definition) is 0. The monoisotopic (exact) mass is 315 g/mol. The molecule has 0 aliphatic carbocycles. The van der Waals surface area contributed by atoms with Crippen LogP contribution in [0.15, 0.2) is 85.1 Å². The average molecular weight is 315 g/mol. The van der Waals surface area contributed by atoms with Crippen LogP contribution in [0.25, 0.3) is 43.6 Å². The summed E-state index contributed by atoms with van der Waals surface area (Å²) in [6.45, 7) is 0. The maximum atomic E-state index is 6.29. The van der Waals surface area contributed by atoms with E-state index in [1.54, 1.807) is 0 Å². The summed E-state index contributed by atoms with van der Waals surface area (Å²) in [6.07, 6.45) is 1.84. The summed E-state index contributed by atoms with van der Waals surface area (Å²) < 4.78 is 0. The molecule has 1 nitrogen and oxygen atoms in total. The normalized spacial score (nSPS) is 11.4. The fraction of sp³-hybridized carbons (Fsp3) is 0. The van der Waals surface area contributed by atoms with Crippen molar-refractivity contribution in [1.29, 1.82) is 0 Å². The maximum absolute atomic E-state index is 6.29. The molecule has 0 saturated carbocycles. The Morgan fingerprint density at radius 2 is 1.28 bits per heavy atom. The third kappa shape index (κ3) is 2.15. The van der Waals surface area contributed by atoms with Crippen LogP contribution >= 0.6 is 0 Å². The smallest absolute Gasteiger partial charge is 0.114 e. The largest absolute Gasteiger partial charge is 0.256 e. The fourth-order valence-electron chi connectivity index (χ4n) is 3.71. The molecule has 0 atom stereocenters. The third-order valence-electron chi connectivity index (χ3n) is 4.87. The van der Waals surface area contributed by atoms with Gasteiger partial charge in [-0.3, -0.25) is 4.98 Å². The second-order valence-electron chi connectivity index (χ2n) is 6.29. The van der Waals surface area contributed by atoms with Gasteiger partial charge in [0.1, 0.15) is 7.85 Å². The Morgan fingerprint density at radius 1 is 0.560 bits per heavy atom. The van der Waals surface area contributed by atoms with Gasteiger partial charge in [0.15, 0.2) is 0 Å². The van der Waals surface area contributed by atoms with Crippen LogP contribution in [0.5, 0.6) is 0 Å². The predicted molar refractivity (Wildman–Crippen MR) is 108 cm³/mol. The first kappa shape index (κ1) is 14.2. The van der Waals surface area contributed by atoms with E-state index in [2.05, 4.69) is 59.6 Å². The van der Waals surface area contributed by atoms with Gasteiger partial charge in [-0.2, -0.15) is 0 Å². The standard InChI is InChI=1S/C23H14BN/c24-22-10-4-3-8-18(22)20-14-21-17(15-6-1-2-7-16(15)20)11-12-23-19(21)9-5-13-25-23/h1-14H. The first-order valence-corrected chi connectivity index (χ1v) is 8.37. The van der Waals surface area contributed by atoms with Crippen molar-refractivity contribution in [3.05, 3.63) is 85.1 Å². The lowest BCUT2D eigenvalue weighted by atomic mass is 9.84. The van der Waals surface area contributed by atoms with Crippen molar-refractivity contribution in [2.75, 3.05) is 0 Å². The minimum Gasteiger partial charge on any atom is -0.256 e. The van der Waals surface area contributed by atoms with Crippen molar-refractivity contribution in [2.24, 2.45) is 0 Å². The van der Waals surface area contributed by atoms with Crippen LogP contribution in [0, 0.1) is 0 Å². The molecule has 0 amide bonds. The third-order valence-corrected chi connectivity index (χ3v) is 4.87. The van der Waals surface area contributed by atoms with Crippen LogP contribution in [-0.4, -0.2) is 12.8 Å². The highest BCUT2D eigenvalue weighted by molar-refractivity contribution is 6.37. The van der Waals surface area contributed by atoms with Gasteiger partial charge in [-0.25, -0.2) is 0 Å². The van der Waals surface area contributed by atoms with E-state index in [-0.39, 0.29) is 0 Å². The summed E-state index contributed by atoms with van der Waals surface area (Å²) in [5.74, 6) is 0. The second kappa shape index (κ2) is 5.46. The van der Waals surface area contributed by atoms with E-state index >= 15 is 0 Å². The van der Waals surface area contributed by atoms with E-state index in [1.807, 2.05) is 30.5 Å². The first-order chi connectivity index (χ1) is 12.3. The Kier molecular flexibility index (Phi) is 3.11. The molecule has 25 heavy (non-hydrogen) atoms. The Labute approximate surface area is 147 Å². The van der Waals surface area contributed by atoms with Gasteiger partial charge in [-0.15, -0.1) is 0 Å². The summed E-state index contributed by atoms with van der Waals surface area (Å²) in [7, 11) is 6.29. The van der Waals surface area contributed by atoms with Gasteiger partial charge in [-0.1, -0.05) is 66.1 Å². The molecule has 4 aromatic carbocycles. The second-order valence-corrected chi connectivity index (χ2v) is 6.29. The Hall–Kier alpha value is -3.13. The average Bonchev–Trinajstić information content (AvgIpc) is 2.67. The molecule has 0 saturated heterocycles. The fourth-order valence-corrected chi connectivity index (χ4v) is 3.71. The molecule has 114 valence electrons. The molecule has 0 aliphatic heterocycles. The summed E-state index contributed by atoms with van der Waals surface area (Å²) in [5.41, 5.74) is 4.04. The zero-order chi connectivity index (χ0) is 16.8. The van der Waals surface area contributed by atoms with Gasteiger partial charge in [0, 0.05) is 11.6 Å². The van der Waals surface area contributed by atoms with E-state index in [0.717, 1.165) is 22.1 Å². The molecule has 0 fully saturated rings. The topological polar surface area (TPSA) is 12.9 Å². The van der Waals surface area contributed by atoms with Crippen LogP contribution in [-0.2, 0) is 0 Å². The molecule has 5 aromatic rings. The molecule has 1 aromatic heterocycles. The first-order valence-electron chi connectivity index (χ1n) is 8.37. The van der Waals surface area contributed by atoms with E-state index in [4.69, 9.17) is 7.85 Å². The molecular weight excluding hydrogens is 301 g/mol. The quantitative estimate of drug-likeness (QED) is 0.313. The molecule has 5 rings (SSSR count). The van der Waals surface area contributed by atoms with Crippen LogP contribution in [0.1, 0.15) is 0 Å². The molecular formula is C23H14BN. The molecule has 0 N–H and O–H groups in total. The molecule has 0 bridgehead atoms. The van der Waals surface area contributed by atoms with Gasteiger partial charge in [0.25, 0.3) is 0 Å². The molecule has 0 spiro atoms. The number of aromatic nitrogens is 1. The number of rotatable bonds is 1.